The number of carbonyl (C=O) groups excluding carboxylic acids is 1. The normalized spacial score (nSPS) is 10.7. The standard InChI is InChI=1S/C27H26N2O2S/c1-3-7-20-10-16-24(17-11-20)31-18-25(30)28-23-14-12-21(13-15-23)26-19(2)32-27(29-26)22-8-5-4-6-9-22/h4-6,8-17H,3,7,18H2,1-2H3,(H,28,30). The summed E-state index contributed by atoms with van der Waals surface area (Å²) in [6.45, 7) is 4.21. The van der Waals surface area contributed by atoms with Gasteiger partial charge in [-0.15, -0.1) is 11.3 Å². The highest BCUT2D eigenvalue weighted by molar-refractivity contribution is 7.15. The molecule has 0 bridgehead atoms. The number of thiazole rings is 1. The number of ether oxygens (including phenoxy) is 1. The van der Waals surface area contributed by atoms with E-state index in [-0.39, 0.29) is 12.5 Å². The maximum absolute atomic E-state index is 12.3. The van der Waals surface area contributed by atoms with Gasteiger partial charge in [-0.1, -0.05) is 67.9 Å². The molecule has 0 spiro atoms. The van der Waals surface area contributed by atoms with Gasteiger partial charge in [-0.05, 0) is 43.2 Å². The quantitative estimate of drug-likeness (QED) is 0.328. The molecule has 0 aliphatic rings. The Balaban J connectivity index is 1.35. The van der Waals surface area contributed by atoms with Gasteiger partial charge in [0.05, 0.1) is 5.69 Å². The van der Waals surface area contributed by atoms with Crippen molar-refractivity contribution in [2.24, 2.45) is 0 Å². The summed E-state index contributed by atoms with van der Waals surface area (Å²) in [5.41, 5.74) is 5.13. The van der Waals surface area contributed by atoms with Crippen LogP contribution in [0.4, 0.5) is 5.69 Å². The van der Waals surface area contributed by atoms with Crippen LogP contribution < -0.4 is 10.1 Å². The minimum atomic E-state index is -0.188. The van der Waals surface area contributed by atoms with E-state index >= 15 is 0 Å². The second-order valence-electron chi connectivity index (χ2n) is 7.60. The van der Waals surface area contributed by atoms with Crippen LogP contribution in [0.5, 0.6) is 5.75 Å². The van der Waals surface area contributed by atoms with Crippen molar-refractivity contribution in [2.45, 2.75) is 26.7 Å². The minimum absolute atomic E-state index is 0.0273. The van der Waals surface area contributed by atoms with Gasteiger partial charge in [-0.2, -0.15) is 0 Å². The second kappa shape index (κ2) is 10.2. The molecule has 5 heteroatoms. The molecule has 1 aromatic heterocycles. The maximum Gasteiger partial charge on any atom is 0.262 e. The molecule has 0 aliphatic heterocycles. The SMILES string of the molecule is CCCc1ccc(OCC(=O)Nc2ccc(-c3nc(-c4ccccc4)sc3C)cc2)cc1. The third-order valence-corrected chi connectivity index (χ3v) is 6.11. The molecule has 0 aliphatic carbocycles. The van der Waals surface area contributed by atoms with Crippen LogP contribution in [-0.2, 0) is 11.2 Å². The zero-order valence-electron chi connectivity index (χ0n) is 18.3. The van der Waals surface area contributed by atoms with E-state index < -0.39 is 0 Å². The number of hydrogen-bond acceptors (Lipinski definition) is 4. The Morgan fingerprint density at radius 1 is 0.938 bits per heavy atom. The van der Waals surface area contributed by atoms with Crippen molar-refractivity contribution >= 4 is 22.9 Å². The number of nitrogens with zero attached hydrogens (tertiary/aromatic N) is 1. The highest BCUT2D eigenvalue weighted by Gasteiger charge is 2.12. The van der Waals surface area contributed by atoms with Crippen LogP contribution in [0.3, 0.4) is 0 Å². The third kappa shape index (κ3) is 5.42. The second-order valence-corrected chi connectivity index (χ2v) is 8.80. The molecule has 0 saturated heterocycles. The summed E-state index contributed by atoms with van der Waals surface area (Å²) in [5.74, 6) is 0.509. The number of rotatable bonds is 8. The lowest BCUT2D eigenvalue weighted by molar-refractivity contribution is -0.118. The smallest absolute Gasteiger partial charge is 0.262 e. The number of hydrogen-bond donors (Lipinski definition) is 1. The number of aromatic nitrogens is 1. The molecule has 0 atom stereocenters. The van der Waals surface area contributed by atoms with Crippen LogP contribution in [0.25, 0.3) is 21.8 Å². The van der Waals surface area contributed by atoms with Crippen molar-refractivity contribution in [3.63, 3.8) is 0 Å². The first-order valence-electron chi connectivity index (χ1n) is 10.8. The molecule has 3 aromatic carbocycles. The van der Waals surface area contributed by atoms with Gasteiger partial charge in [0.1, 0.15) is 10.8 Å². The monoisotopic (exact) mass is 442 g/mol. The highest BCUT2D eigenvalue weighted by atomic mass is 32.1. The van der Waals surface area contributed by atoms with E-state index in [0.717, 1.165) is 40.4 Å². The average molecular weight is 443 g/mol. The molecule has 0 saturated carbocycles. The van der Waals surface area contributed by atoms with Crippen LogP contribution >= 0.6 is 11.3 Å². The Morgan fingerprint density at radius 3 is 2.34 bits per heavy atom. The Morgan fingerprint density at radius 2 is 1.66 bits per heavy atom. The lowest BCUT2D eigenvalue weighted by atomic mass is 10.1. The molecule has 0 unspecified atom stereocenters. The molecule has 4 rings (SSSR count). The zero-order chi connectivity index (χ0) is 22.3. The fourth-order valence-corrected chi connectivity index (χ4v) is 4.41. The lowest BCUT2D eigenvalue weighted by Gasteiger charge is -2.09. The molecule has 4 aromatic rings. The lowest BCUT2D eigenvalue weighted by Crippen LogP contribution is -2.20. The fourth-order valence-electron chi connectivity index (χ4n) is 3.47. The number of carbonyl (C=O) groups is 1. The predicted octanol–water partition coefficient (Wildman–Crippen LogP) is 6.76. The van der Waals surface area contributed by atoms with Crippen molar-refractivity contribution < 1.29 is 9.53 Å². The first-order valence-corrected chi connectivity index (χ1v) is 11.6. The summed E-state index contributed by atoms with van der Waals surface area (Å²) >= 11 is 1.69. The van der Waals surface area contributed by atoms with Crippen LogP contribution in [0.2, 0.25) is 0 Å². The van der Waals surface area contributed by atoms with Crippen LogP contribution in [0.15, 0.2) is 78.9 Å². The van der Waals surface area contributed by atoms with Gasteiger partial charge in [-0.25, -0.2) is 4.98 Å². The van der Waals surface area contributed by atoms with Gasteiger partial charge in [0.2, 0.25) is 0 Å². The van der Waals surface area contributed by atoms with Crippen molar-refractivity contribution in [2.75, 3.05) is 11.9 Å². The van der Waals surface area contributed by atoms with Crippen molar-refractivity contribution in [1.29, 1.82) is 0 Å². The van der Waals surface area contributed by atoms with E-state index in [1.54, 1.807) is 11.3 Å². The van der Waals surface area contributed by atoms with Crippen LogP contribution in [0, 0.1) is 6.92 Å². The summed E-state index contributed by atoms with van der Waals surface area (Å²) in [7, 11) is 0. The molecule has 32 heavy (non-hydrogen) atoms. The van der Waals surface area contributed by atoms with Crippen molar-refractivity contribution in [3.05, 3.63) is 89.3 Å². The maximum atomic E-state index is 12.3. The van der Waals surface area contributed by atoms with E-state index in [1.807, 2.05) is 66.7 Å². The van der Waals surface area contributed by atoms with Gasteiger partial charge >= 0.3 is 0 Å². The Hall–Kier alpha value is -3.44. The van der Waals surface area contributed by atoms with Crippen molar-refractivity contribution in [1.82, 2.24) is 4.98 Å². The van der Waals surface area contributed by atoms with E-state index in [0.29, 0.717) is 5.75 Å². The molecule has 162 valence electrons. The van der Waals surface area contributed by atoms with E-state index in [1.165, 1.54) is 10.4 Å². The van der Waals surface area contributed by atoms with Gasteiger partial charge < -0.3 is 10.1 Å². The number of amides is 1. The molecule has 1 N–H and O–H groups in total. The van der Waals surface area contributed by atoms with Crippen LogP contribution in [-0.4, -0.2) is 17.5 Å². The first kappa shape index (κ1) is 21.8. The highest BCUT2D eigenvalue weighted by Crippen LogP contribution is 2.33. The summed E-state index contributed by atoms with van der Waals surface area (Å²) in [5, 5.41) is 3.90. The van der Waals surface area contributed by atoms with Gasteiger partial charge in [0.15, 0.2) is 6.61 Å². The van der Waals surface area contributed by atoms with E-state index in [9.17, 15) is 4.79 Å². The third-order valence-electron chi connectivity index (χ3n) is 5.09. The van der Waals surface area contributed by atoms with Gasteiger partial charge in [-0.3, -0.25) is 4.79 Å². The Kier molecular flexibility index (Phi) is 6.97. The van der Waals surface area contributed by atoms with E-state index in [2.05, 4.69) is 31.3 Å². The van der Waals surface area contributed by atoms with Gasteiger partial charge in [0.25, 0.3) is 5.91 Å². The number of anilines is 1. The molecule has 0 radical (unpaired) electrons. The molecule has 0 fully saturated rings. The predicted molar refractivity (Wildman–Crippen MR) is 132 cm³/mol. The Bertz CT molecular complexity index is 1170. The van der Waals surface area contributed by atoms with Crippen molar-refractivity contribution in [3.8, 4) is 27.6 Å². The summed E-state index contributed by atoms with van der Waals surface area (Å²) < 4.78 is 5.61. The van der Waals surface area contributed by atoms with E-state index in [4.69, 9.17) is 9.72 Å². The van der Waals surface area contributed by atoms with Crippen LogP contribution in [0.1, 0.15) is 23.8 Å². The summed E-state index contributed by atoms with van der Waals surface area (Å²) in [4.78, 5) is 18.3. The zero-order valence-corrected chi connectivity index (χ0v) is 19.1. The molecule has 1 amide bonds. The molecular formula is C27H26N2O2S. The first-order chi connectivity index (χ1) is 15.6. The number of benzene rings is 3. The fraction of sp³-hybridized carbons (Fsp3) is 0.185. The van der Waals surface area contributed by atoms with Gasteiger partial charge in [0, 0.05) is 21.7 Å². The molecular weight excluding hydrogens is 416 g/mol. The largest absolute Gasteiger partial charge is 0.484 e. The minimum Gasteiger partial charge on any atom is -0.484 e. The average Bonchev–Trinajstić information content (AvgIpc) is 3.21. The molecule has 1 heterocycles. The summed E-state index contributed by atoms with van der Waals surface area (Å²) in [6, 6.07) is 25.9. The molecule has 4 nitrogen and oxygen atoms in total. The topological polar surface area (TPSA) is 51.2 Å². The number of nitrogens with one attached hydrogen (secondary N) is 1. The number of aryl methyl sites for hydroxylation is 2. The Labute approximate surface area is 192 Å². The summed E-state index contributed by atoms with van der Waals surface area (Å²) in [6.07, 6.45) is 2.16.